The fourth-order valence-electron chi connectivity index (χ4n) is 4.00. The van der Waals surface area contributed by atoms with Gasteiger partial charge < -0.3 is 9.16 Å². The molecule has 0 aliphatic carbocycles. The Hall–Kier alpha value is -0.173. The van der Waals surface area contributed by atoms with E-state index in [2.05, 4.69) is 99.7 Å². The van der Waals surface area contributed by atoms with Crippen molar-refractivity contribution in [1.82, 2.24) is 0 Å². The van der Waals surface area contributed by atoms with E-state index in [0.29, 0.717) is 17.9 Å². The van der Waals surface area contributed by atoms with Crippen molar-refractivity contribution in [2.75, 3.05) is 4.43 Å². The molecule has 1 fully saturated rings. The monoisotopic (exact) mass is 486 g/mol. The van der Waals surface area contributed by atoms with Crippen LogP contribution in [0.25, 0.3) is 6.08 Å². The number of hydrogen-bond acceptors (Lipinski definition) is 2. The molecule has 0 bridgehead atoms. The van der Waals surface area contributed by atoms with Crippen molar-refractivity contribution < 1.29 is 9.16 Å². The van der Waals surface area contributed by atoms with Gasteiger partial charge in [0.1, 0.15) is 0 Å². The lowest BCUT2D eigenvalue weighted by Crippen LogP contribution is -2.54. The maximum Gasteiger partial charge on any atom is 0.192 e. The third-order valence-corrected chi connectivity index (χ3v) is 11.7. The van der Waals surface area contributed by atoms with Crippen LogP contribution in [-0.4, -0.2) is 31.1 Å². The lowest BCUT2D eigenvalue weighted by Gasteiger charge is -2.47. The van der Waals surface area contributed by atoms with Crippen LogP contribution in [0.5, 0.6) is 0 Å². The minimum atomic E-state index is -1.63. The van der Waals surface area contributed by atoms with E-state index in [1.807, 2.05) is 0 Å². The summed E-state index contributed by atoms with van der Waals surface area (Å²) in [5, 5.41) is 0. The summed E-state index contributed by atoms with van der Waals surface area (Å²) in [5.41, 5.74) is 1.23. The number of benzene rings is 1. The quantitative estimate of drug-likeness (QED) is 0.235. The topological polar surface area (TPSA) is 18.5 Å². The molecule has 1 heterocycles. The highest BCUT2D eigenvalue weighted by molar-refractivity contribution is 14.1. The molecule has 1 unspecified atom stereocenters. The van der Waals surface area contributed by atoms with Crippen molar-refractivity contribution in [3.05, 3.63) is 42.0 Å². The maximum atomic E-state index is 6.99. The Labute approximate surface area is 175 Å². The molecule has 0 amide bonds. The molecule has 1 aromatic rings. The van der Waals surface area contributed by atoms with E-state index in [1.165, 1.54) is 23.7 Å². The van der Waals surface area contributed by atoms with Gasteiger partial charge in [-0.1, -0.05) is 99.7 Å². The molecule has 146 valence electrons. The van der Waals surface area contributed by atoms with Crippen molar-refractivity contribution in [3.8, 4) is 0 Å². The molecular formula is C22H35IO2Si. The second kappa shape index (κ2) is 10.4. The molecule has 1 aromatic carbocycles. The molecule has 1 aliphatic heterocycles. The van der Waals surface area contributed by atoms with Gasteiger partial charge in [0.15, 0.2) is 8.32 Å². The summed E-state index contributed by atoms with van der Waals surface area (Å²) in [7, 11) is -1.63. The van der Waals surface area contributed by atoms with E-state index in [1.54, 1.807) is 0 Å². The Bertz CT molecular complexity index is 550. The molecule has 0 N–H and O–H groups in total. The Morgan fingerprint density at radius 2 is 1.65 bits per heavy atom. The fraction of sp³-hybridized carbons (Fsp3) is 0.636. The highest BCUT2D eigenvalue weighted by Crippen LogP contribution is 2.37. The number of ether oxygens (including phenoxy) is 1. The predicted octanol–water partition coefficient (Wildman–Crippen LogP) is 6.56. The lowest BCUT2D eigenvalue weighted by molar-refractivity contribution is -0.130. The lowest BCUT2D eigenvalue weighted by atomic mass is 9.83. The molecule has 4 heteroatoms. The van der Waals surface area contributed by atoms with Gasteiger partial charge in [-0.25, -0.2) is 0 Å². The van der Waals surface area contributed by atoms with Crippen LogP contribution in [0.2, 0.25) is 18.1 Å². The average Bonchev–Trinajstić information content (AvgIpc) is 2.69. The van der Waals surface area contributed by atoms with Crippen LogP contribution >= 0.6 is 22.6 Å². The summed E-state index contributed by atoms with van der Waals surface area (Å²) in [5.74, 6) is 0.820. The highest BCUT2D eigenvalue weighted by atomic mass is 127. The van der Waals surface area contributed by atoms with Gasteiger partial charge in [0.25, 0.3) is 0 Å². The van der Waals surface area contributed by atoms with Crippen molar-refractivity contribution in [3.63, 3.8) is 0 Å². The van der Waals surface area contributed by atoms with Crippen molar-refractivity contribution in [2.24, 2.45) is 11.8 Å². The van der Waals surface area contributed by atoms with Crippen molar-refractivity contribution in [1.29, 1.82) is 0 Å². The third kappa shape index (κ3) is 5.21. The van der Waals surface area contributed by atoms with Gasteiger partial charge in [0, 0.05) is 16.3 Å². The number of alkyl halides is 1. The van der Waals surface area contributed by atoms with E-state index in [4.69, 9.17) is 9.16 Å². The van der Waals surface area contributed by atoms with E-state index in [9.17, 15) is 0 Å². The van der Waals surface area contributed by atoms with E-state index < -0.39 is 8.32 Å². The first kappa shape index (κ1) is 22.1. The Balaban J connectivity index is 2.22. The highest BCUT2D eigenvalue weighted by Gasteiger charge is 2.44. The largest absolute Gasteiger partial charge is 0.413 e. The molecule has 2 rings (SSSR count). The van der Waals surface area contributed by atoms with Gasteiger partial charge >= 0.3 is 0 Å². The fourth-order valence-corrected chi connectivity index (χ4v) is 8.01. The zero-order valence-electron chi connectivity index (χ0n) is 17.0. The maximum absolute atomic E-state index is 6.99. The normalized spacial score (nSPS) is 30.0. The molecule has 1 saturated heterocycles. The van der Waals surface area contributed by atoms with Gasteiger partial charge in [-0.15, -0.1) is 0 Å². The summed E-state index contributed by atoms with van der Waals surface area (Å²) < 4.78 is 14.5. The molecule has 26 heavy (non-hydrogen) atoms. The van der Waals surface area contributed by atoms with Crippen molar-refractivity contribution >= 4 is 37.0 Å². The summed E-state index contributed by atoms with van der Waals surface area (Å²) in [6.07, 6.45) is 5.12. The molecule has 0 radical (unpaired) electrons. The van der Waals surface area contributed by atoms with Crippen LogP contribution in [0.15, 0.2) is 36.4 Å². The summed E-state index contributed by atoms with van der Waals surface area (Å²) >= 11 is 2.46. The molecule has 0 spiro atoms. The molecule has 2 nitrogen and oxygen atoms in total. The SMILES string of the molecule is CC[Si](CC)(CC)OC1[C@@H](C)[C@@H](CI)O[C@@H](/C=C/c2ccccc2)[C@H]1C. The Morgan fingerprint density at radius 3 is 2.19 bits per heavy atom. The van der Waals surface area contributed by atoms with E-state index in [0.717, 1.165) is 4.43 Å². The van der Waals surface area contributed by atoms with Crippen LogP contribution in [0.1, 0.15) is 40.2 Å². The summed E-state index contributed by atoms with van der Waals surface area (Å²) in [4.78, 5) is 0. The molecule has 0 aromatic heterocycles. The summed E-state index contributed by atoms with van der Waals surface area (Å²) in [6.45, 7) is 11.6. The third-order valence-electron chi connectivity index (χ3n) is 6.22. The molecular weight excluding hydrogens is 451 g/mol. The van der Waals surface area contributed by atoms with Crippen LogP contribution in [0.4, 0.5) is 0 Å². The van der Waals surface area contributed by atoms with Crippen LogP contribution in [0.3, 0.4) is 0 Å². The standard InChI is InChI=1S/C22H35IO2Si/c1-6-26(7-2,8-3)25-22-17(4)20(24-21(16-23)18(22)5)15-14-19-12-10-9-11-13-19/h9-15,17-18,20-22H,6-8,16H2,1-5H3/b15-14+/t17-,18+,20+,21-,22?/m1/s1. The zero-order chi connectivity index (χ0) is 19.2. The minimum absolute atomic E-state index is 0.119. The number of rotatable bonds is 8. The molecule has 1 aliphatic rings. The second-order valence-electron chi connectivity index (χ2n) is 7.61. The Morgan fingerprint density at radius 1 is 1.04 bits per heavy atom. The zero-order valence-corrected chi connectivity index (χ0v) is 20.1. The van der Waals surface area contributed by atoms with Crippen LogP contribution < -0.4 is 0 Å². The number of halogens is 1. The van der Waals surface area contributed by atoms with Gasteiger partial charge in [0.05, 0.1) is 18.3 Å². The van der Waals surface area contributed by atoms with Crippen molar-refractivity contribution in [2.45, 2.75) is 71.1 Å². The minimum Gasteiger partial charge on any atom is -0.413 e. The number of hydrogen-bond donors (Lipinski definition) is 0. The average molecular weight is 487 g/mol. The first-order chi connectivity index (χ1) is 12.5. The van der Waals surface area contributed by atoms with Gasteiger partial charge in [-0.2, -0.15) is 0 Å². The van der Waals surface area contributed by atoms with Gasteiger partial charge in [0.2, 0.25) is 0 Å². The summed E-state index contributed by atoms with van der Waals surface area (Å²) in [6, 6.07) is 14.1. The van der Waals surface area contributed by atoms with Gasteiger partial charge in [-0.05, 0) is 23.7 Å². The molecule has 0 saturated carbocycles. The Kier molecular flexibility index (Phi) is 8.84. The molecule has 5 atom stereocenters. The smallest absolute Gasteiger partial charge is 0.192 e. The van der Waals surface area contributed by atoms with E-state index in [-0.39, 0.29) is 12.2 Å². The van der Waals surface area contributed by atoms with E-state index >= 15 is 0 Å². The predicted molar refractivity (Wildman–Crippen MR) is 123 cm³/mol. The van der Waals surface area contributed by atoms with Crippen LogP contribution in [-0.2, 0) is 9.16 Å². The first-order valence-corrected chi connectivity index (χ1v) is 14.2. The second-order valence-corrected chi connectivity index (χ2v) is 13.2. The van der Waals surface area contributed by atoms with Crippen LogP contribution in [0, 0.1) is 11.8 Å². The van der Waals surface area contributed by atoms with Gasteiger partial charge in [-0.3, -0.25) is 0 Å². The first-order valence-electron chi connectivity index (χ1n) is 10.1.